The van der Waals surface area contributed by atoms with Gasteiger partial charge in [0.15, 0.2) is 22.4 Å². The van der Waals surface area contributed by atoms with Gasteiger partial charge in [0.1, 0.15) is 18.6 Å². The van der Waals surface area contributed by atoms with Gasteiger partial charge < -0.3 is 20.2 Å². The minimum absolute atomic E-state index is 0.0233. The predicted molar refractivity (Wildman–Crippen MR) is 102 cm³/mol. The van der Waals surface area contributed by atoms with E-state index >= 15 is 0 Å². The third-order valence-corrected chi connectivity index (χ3v) is 4.93. The Bertz CT molecular complexity index is 914. The summed E-state index contributed by atoms with van der Waals surface area (Å²) in [5.41, 5.74) is 7.18. The fraction of sp³-hybridized carbons (Fsp3) is 0.294. The normalized spacial score (nSPS) is 16.5. The predicted octanol–water partition coefficient (Wildman–Crippen LogP) is 1.72. The lowest BCUT2D eigenvalue weighted by atomic mass is 9.64. The number of ketones is 2. The number of benzene rings is 1. The van der Waals surface area contributed by atoms with Crippen LogP contribution in [0, 0.1) is 0 Å². The molecule has 0 unspecified atom stereocenters. The first-order chi connectivity index (χ1) is 12.9. The maximum atomic E-state index is 12.7. The van der Waals surface area contributed by atoms with Crippen molar-refractivity contribution in [2.75, 3.05) is 12.8 Å². The molecule has 2 heterocycles. The zero-order chi connectivity index (χ0) is 19.6. The molecular weight excluding hydrogens is 369 g/mol. The van der Waals surface area contributed by atoms with E-state index in [0.717, 1.165) is 5.56 Å². The highest BCUT2D eigenvalue weighted by atomic mass is 32.1. The van der Waals surface area contributed by atoms with Gasteiger partial charge in [-0.3, -0.25) is 9.59 Å². The van der Waals surface area contributed by atoms with Gasteiger partial charge in [0, 0.05) is 17.6 Å². The van der Waals surface area contributed by atoms with E-state index in [1.807, 2.05) is 6.07 Å². The molecule has 0 fully saturated rings. The van der Waals surface area contributed by atoms with Gasteiger partial charge in [-0.05, 0) is 25.0 Å². The maximum Gasteiger partial charge on any atom is 0.526 e. The fourth-order valence-corrected chi connectivity index (χ4v) is 3.55. The number of aromatic nitrogens is 1. The second-order valence-electron chi connectivity index (χ2n) is 6.14. The second kappa shape index (κ2) is 7.89. The lowest BCUT2D eigenvalue weighted by Gasteiger charge is -2.28. The number of nitrogens with zero attached hydrogens (tertiary/aromatic N) is 2. The molecule has 10 heteroatoms. The Morgan fingerprint density at radius 1 is 1.52 bits per heavy atom. The van der Waals surface area contributed by atoms with E-state index in [2.05, 4.69) is 10.1 Å². The third-order valence-electron chi connectivity index (χ3n) is 4.26. The van der Waals surface area contributed by atoms with Gasteiger partial charge in [-0.2, -0.15) is 0 Å². The molecule has 2 aromatic rings. The number of nitrogen functional groups attached to an aromatic ring is 1. The number of hydrogen-bond acceptors (Lipinski definition) is 9. The zero-order valence-electron chi connectivity index (χ0n) is 14.8. The monoisotopic (exact) mass is 387 g/mol. The van der Waals surface area contributed by atoms with Gasteiger partial charge in [-0.25, -0.2) is 4.98 Å². The number of oxime groups is 1. The van der Waals surface area contributed by atoms with Crippen molar-refractivity contribution in [2.24, 2.45) is 5.16 Å². The quantitative estimate of drug-likeness (QED) is 0.335. The SMILES string of the molecule is CO/N=C(\C(=O)C[C@H]1Cc2cccc(C(C)=O)c2OB1O)c1csc(N)n1. The van der Waals surface area contributed by atoms with E-state index < -0.39 is 12.9 Å². The van der Waals surface area contributed by atoms with Gasteiger partial charge in [0.25, 0.3) is 0 Å². The molecule has 1 atom stereocenters. The van der Waals surface area contributed by atoms with Gasteiger partial charge in [-0.1, -0.05) is 17.3 Å². The molecule has 0 aliphatic carbocycles. The topological polar surface area (TPSA) is 124 Å². The molecule has 3 rings (SSSR count). The number of Topliss-reactive ketones (excluding diaryl/α,β-unsaturated/α-hetero) is 2. The maximum absolute atomic E-state index is 12.7. The lowest BCUT2D eigenvalue weighted by molar-refractivity contribution is -0.113. The van der Waals surface area contributed by atoms with Crippen LogP contribution in [0.3, 0.4) is 0 Å². The summed E-state index contributed by atoms with van der Waals surface area (Å²) < 4.78 is 5.57. The van der Waals surface area contributed by atoms with Gasteiger partial charge in [-0.15, -0.1) is 11.3 Å². The molecule has 140 valence electrons. The molecule has 0 spiro atoms. The Morgan fingerprint density at radius 2 is 2.30 bits per heavy atom. The van der Waals surface area contributed by atoms with E-state index in [-0.39, 0.29) is 23.7 Å². The van der Waals surface area contributed by atoms with Crippen molar-refractivity contribution in [1.82, 2.24) is 4.98 Å². The highest BCUT2D eigenvalue weighted by Gasteiger charge is 2.38. The summed E-state index contributed by atoms with van der Waals surface area (Å²) in [6.07, 6.45) is 0.368. The third kappa shape index (κ3) is 4.01. The zero-order valence-corrected chi connectivity index (χ0v) is 15.7. The molecule has 1 aliphatic rings. The Labute approximate surface area is 160 Å². The Morgan fingerprint density at radius 3 is 2.93 bits per heavy atom. The van der Waals surface area contributed by atoms with Crippen LogP contribution in [0.2, 0.25) is 5.82 Å². The molecule has 27 heavy (non-hydrogen) atoms. The van der Waals surface area contributed by atoms with Crippen molar-refractivity contribution in [1.29, 1.82) is 0 Å². The smallest absolute Gasteiger partial charge is 0.526 e. The van der Waals surface area contributed by atoms with Gasteiger partial charge in [0.05, 0.1) is 5.56 Å². The summed E-state index contributed by atoms with van der Waals surface area (Å²) in [7, 11) is 0.118. The van der Waals surface area contributed by atoms with Crippen molar-refractivity contribution in [3.05, 3.63) is 40.4 Å². The number of fused-ring (bicyclic) bond motifs is 1. The number of para-hydroxylation sites is 1. The number of rotatable bonds is 6. The molecule has 8 nitrogen and oxygen atoms in total. The fourth-order valence-electron chi connectivity index (χ4n) is 3.00. The van der Waals surface area contributed by atoms with Crippen LogP contribution in [0.1, 0.15) is 35.0 Å². The molecule has 0 saturated carbocycles. The van der Waals surface area contributed by atoms with Crippen LogP contribution in [0.25, 0.3) is 0 Å². The second-order valence-corrected chi connectivity index (χ2v) is 7.03. The molecule has 0 saturated heterocycles. The average molecular weight is 387 g/mol. The van der Waals surface area contributed by atoms with Crippen LogP contribution in [-0.2, 0) is 16.1 Å². The van der Waals surface area contributed by atoms with Crippen molar-refractivity contribution in [2.45, 2.75) is 25.6 Å². The number of anilines is 1. The van der Waals surface area contributed by atoms with Crippen molar-refractivity contribution in [3.8, 4) is 5.75 Å². The first-order valence-electron chi connectivity index (χ1n) is 8.24. The lowest BCUT2D eigenvalue weighted by Crippen LogP contribution is -2.36. The number of carbonyl (C=O) groups is 2. The highest BCUT2D eigenvalue weighted by molar-refractivity contribution is 7.13. The van der Waals surface area contributed by atoms with E-state index in [0.29, 0.717) is 28.6 Å². The Hall–Kier alpha value is -2.72. The Kier molecular flexibility index (Phi) is 5.57. The molecule has 0 bridgehead atoms. The number of thiazole rings is 1. The number of hydrogen-bond donors (Lipinski definition) is 2. The summed E-state index contributed by atoms with van der Waals surface area (Å²) in [6, 6.07) is 5.22. The average Bonchev–Trinajstić information content (AvgIpc) is 3.05. The van der Waals surface area contributed by atoms with Crippen LogP contribution >= 0.6 is 11.3 Å². The molecule has 3 N–H and O–H groups in total. The molecule has 0 amide bonds. The number of nitrogens with two attached hydrogens (primary N) is 1. The van der Waals surface area contributed by atoms with Crippen LogP contribution in [0.5, 0.6) is 5.75 Å². The summed E-state index contributed by atoms with van der Waals surface area (Å²) in [4.78, 5) is 33.3. The molecule has 1 aromatic carbocycles. The first kappa shape index (κ1) is 19.1. The molecule has 0 radical (unpaired) electrons. The van der Waals surface area contributed by atoms with Crippen LogP contribution in [0.4, 0.5) is 5.13 Å². The number of carbonyl (C=O) groups excluding carboxylic acids is 2. The van der Waals surface area contributed by atoms with Crippen molar-refractivity contribution >= 4 is 40.9 Å². The van der Waals surface area contributed by atoms with Crippen LogP contribution < -0.4 is 10.4 Å². The van der Waals surface area contributed by atoms with E-state index in [1.54, 1.807) is 17.5 Å². The van der Waals surface area contributed by atoms with Gasteiger partial charge >= 0.3 is 7.12 Å². The standard InChI is InChI=1S/C17H18BN3O5S/c1-9(22)12-5-3-4-10-6-11(18(24)26-16(10)12)7-14(23)15(21-25-2)13-8-27-17(19)20-13/h3-5,8,11,24H,6-7H2,1-2H3,(H2,19,20)/b21-15-/t11-/m1/s1. The van der Waals surface area contributed by atoms with E-state index in [4.69, 9.17) is 15.2 Å². The van der Waals surface area contributed by atoms with Crippen LogP contribution in [-0.4, -0.2) is 41.5 Å². The summed E-state index contributed by atoms with van der Waals surface area (Å²) in [5, 5.41) is 16.1. The van der Waals surface area contributed by atoms with Crippen LogP contribution in [0.15, 0.2) is 28.7 Å². The highest BCUT2D eigenvalue weighted by Crippen LogP contribution is 2.36. The molecule has 1 aliphatic heterocycles. The van der Waals surface area contributed by atoms with E-state index in [1.165, 1.54) is 25.4 Å². The summed E-state index contributed by atoms with van der Waals surface area (Å²) >= 11 is 1.19. The van der Waals surface area contributed by atoms with Crippen molar-refractivity contribution in [3.63, 3.8) is 0 Å². The Balaban J connectivity index is 1.81. The largest absolute Gasteiger partial charge is 0.535 e. The molecular formula is C17H18BN3O5S. The first-order valence-corrected chi connectivity index (χ1v) is 9.12. The summed E-state index contributed by atoms with van der Waals surface area (Å²) in [5.74, 6) is -0.616. The van der Waals surface area contributed by atoms with Crippen molar-refractivity contribution < 1.29 is 24.1 Å². The minimum Gasteiger partial charge on any atom is -0.535 e. The van der Waals surface area contributed by atoms with Gasteiger partial charge in [0.2, 0.25) is 0 Å². The molecule has 1 aromatic heterocycles. The summed E-state index contributed by atoms with van der Waals surface area (Å²) in [6.45, 7) is 1.44. The minimum atomic E-state index is -1.22. The van der Waals surface area contributed by atoms with E-state index in [9.17, 15) is 14.6 Å².